The molecule has 2 rings (SSSR count). The number of rotatable bonds is 4. The van der Waals surface area contributed by atoms with Crippen molar-refractivity contribution in [2.75, 3.05) is 0 Å². The van der Waals surface area contributed by atoms with E-state index in [0.717, 1.165) is 33.0 Å². The van der Waals surface area contributed by atoms with Gasteiger partial charge in [-0.3, -0.25) is 14.2 Å². The van der Waals surface area contributed by atoms with Gasteiger partial charge in [0.25, 0.3) is 0 Å². The summed E-state index contributed by atoms with van der Waals surface area (Å²) in [5.41, 5.74) is 2.58. The number of halogens is 1. The molecule has 0 aliphatic carbocycles. The quantitative estimate of drug-likeness (QED) is 0.942. The number of hydrogen-bond donors (Lipinski definition) is 1. The third-order valence-corrected chi connectivity index (χ3v) is 4.36. The number of benzene rings is 1. The predicted octanol–water partition coefficient (Wildman–Crippen LogP) is 3.32. The summed E-state index contributed by atoms with van der Waals surface area (Å²) in [6.07, 6.45) is -0.0738. The smallest absolute Gasteiger partial charge is 0.307 e. The highest BCUT2D eigenvalue weighted by Crippen LogP contribution is 2.28. The molecule has 0 radical (unpaired) electrons. The lowest BCUT2D eigenvalue weighted by Crippen LogP contribution is -2.16. The average Bonchev–Trinajstić information content (AvgIpc) is 2.65. The van der Waals surface area contributed by atoms with Gasteiger partial charge in [0.1, 0.15) is 0 Å². The molecule has 4 nitrogen and oxygen atoms in total. The van der Waals surface area contributed by atoms with Crippen LogP contribution in [0.1, 0.15) is 16.9 Å². The highest BCUT2D eigenvalue weighted by atomic mass is 35.5. The van der Waals surface area contributed by atoms with Crippen molar-refractivity contribution in [2.45, 2.75) is 26.8 Å². The van der Waals surface area contributed by atoms with Crippen molar-refractivity contribution in [2.24, 2.45) is 0 Å². The molecule has 106 valence electrons. The zero-order chi connectivity index (χ0) is 14.9. The minimum atomic E-state index is -0.918. The van der Waals surface area contributed by atoms with E-state index in [9.17, 15) is 9.59 Å². The Hall–Kier alpha value is -1.59. The number of aliphatic carboxylic acids is 1. The molecule has 0 amide bonds. The zero-order valence-electron chi connectivity index (χ0n) is 11.1. The molecule has 0 bridgehead atoms. The number of carbonyl (C=O) groups is 1. The van der Waals surface area contributed by atoms with Gasteiger partial charge in [0.05, 0.1) is 12.1 Å². The Morgan fingerprint density at radius 3 is 2.70 bits per heavy atom. The van der Waals surface area contributed by atoms with E-state index in [-0.39, 0.29) is 17.8 Å². The van der Waals surface area contributed by atoms with Crippen molar-refractivity contribution in [1.82, 2.24) is 4.57 Å². The molecule has 2 aromatic rings. The van der Waals surface area contributed by atoms with E-state index >= 15 is 0 Å². The molecule has 1 N–H and O–H groups in total. The topological polar surface area (TPSA) is 59.3 Å². The van der Waals surface area contributed by atoms with Crippen LogP contribution in [-0.2, 0) is 11.3 Å². The number of hydrogen-bond acceptors (Lipinski definition) is 3. The van der Waals surface area contributed by atoms with Crippen molar-refractivity contribution >= 4 is 28.9 Å². The van der Waals surface area contributed by atoms with Crippen LogP contribution in [-0.4, -0.2) is 15.6 Å². The Kier molecular flexibility index (Phi) is 4.30. The molecule has 0 spiro atoms. The molecular weight excluding hydrogens is 298 g/mol. The van der Waals surface area contributed by atoms with E-state index < -0.39 is 5.97 Å². The van der Waals surface area contributed by atoms with Crippen LogP contribution >= 0.6 is 22.9 Å². The molecule has 0 fully saturated rings. The lowest BCUT2D eigenvalue weighted by molar-refractivity contribution is -0.137. The van der Waals surface area contributed by atoms with Crippen LogP contribution in [0, 0.1) is 13.8 Å². The molecule has 0 aliphatic rings. The van der Waals surface area contributed by atoms with E-state index in [4.69, 9.17) is 16.7 Å². The maximum absolute atomic E-state index is 12.0. The molecule has 1 aromatic heterocycles. The maximum atomic E-state index is 12.0. The lowest BCUT2D eigenvalue weighted by atomic mass is 10.1. The van der Waals surface area contributed by atoms with Gasteiger partial charge in [-0.2, -0.15) is 0 Å². The summed E-state index contributed by atoms with van der Waals surface area (Å²) in [6.45, 7) is 3.94. The third kappa shape index (κ3) is 2.94. The standard InChI is InChI=1S/C14H14ClNO3S/c1-8-7-10(3-4-11(8)15)13-9(2)20-14(19)16(13)6-5-12(17)18/h3-4,7H,5-6H2,1-2H3,(H,17,18). The molecule has 0 saturated heterocycles. The Labute approximate surface area is 125 Å². The largest absolute Gasteiger partial charge is 0.481 e. The normalized spacial score (nSPS) is 10.8. The maximum Gasteiger partial charge on any atom is 0.307 e. The number of aryl methyl sites for hydroxylation is 2. The van der Waals surface area contributed by atoms with Crippen molar-refractivity contribution in [3.05, 3.63) is 43.3 Å². The Bertz CT molecular complexity index is 718. The molecule has 0 atom stereocenters. The second kappa shape index (κ2) is 5.81. The molecular formula is C14H14ClNO3S. The van der Waals surface area contributed by atoms with Gasteiger partial charge >= 0.3 is 10.8 Å². The summed E-state index contributed by atoms with van der Waals surface area (Å²) in [5.74, 6) is -0.918. The monoisotopic (exact) mass is 311 g/mol. The average molecular weight is 312 g/mol. The van der Waals surface area contributed by atoms with Crippen molar-refractivity contribution < 1.29 is 9.90 Å². The van der Waals surface area contributed by atoms with Crippen LogP contribution in [0.15, 0.2) is 23.0 Å². The van der Waals surface area contributed by atoms with Crippen LogP contribution in [0.2, 0.25) is 5.02 Å². The summed E-state index contributed by atoms with van der Waals surface area (Å²) in [7, 11) is 0. The molecule has 20 heavy (non-hydrogen) atoms. The van der Waals surface area contributed by atoms with Gasteiger partial charge in [0.15, 0.2) is 0 Å². The second-order valence-electron chi connectivity index (χ2n) is 4.53. The predicted molar refractivity (Wildman–Crippen MR) is 80.8 cm³/mol. The number of carboxylic acids is 1. The third-order valence-electron chi connectivity index (χ3n) is 3.04. The number of aromatic nitrogens is 1. The Morgan fingerprint density at radius 1 is 1.40 bits per heavy atom. The summed E-state index contributed by atoms with van der Waals surface area (Å²) in [6, 6.07) is 5.55. The van der Waals surface area contributed by atoms with Gasteiger partial charge in [-0.25, -0.2) is 0 Å². The summed E-state index contributed by atoms with van der Waals surface area (Å²) in [4.78, 5) is 23.4. The molecule has 0 unspecified atom stereocenters. The summed E-state index contributed by atoms with van der Waals surface area (Å²) in [5, 5.41) is 9.45. The van der Waals surface area contributed by atoms with E-state index in [0.29, 0.717) is 5.02 Å². The molecule has 6 heteroatoms. The first kappa shape index (κ1) is 14.8. The van der Waals surface area contributed by atoms with Gasteiger partial charge in [0, 0.05) is 16.4 Å². The lowest BCUT2D eigenvalue weighted by Gasteiger charge is -2.09. The highest BCUT2D eigenvalue weighted by Gasteiger charge is 2.15. The number of carboxylic acid groups (broad SMARTS) is 1. The van der Waals surface area contributed by atoms with Gasteiger partial charge < -0.3 is 5.11 Å². The molecule has 1 aromatic carbocycles. The fraction of sp³-hybridized carbons (Fsp3) is 0.286. The van der Waals surface area contributed by atoms with Crippen LogP contribution in [0.5, 0.6) is 0 Å². The molecule has 0 aliphatic heterocycles. The van der Waals surface area contributed by atoms with Crippen molar-refractivity contribution in [3.8, 4) is 11.3 Å². The minimum Gasteiger partial charge on any atom is -0.481 e. The fourth-order valence-corrected chi connectivity index (χ4v) is 3.07. The number of nitrogens with zero attached hydrogens (tertiary/aromatic N) is 1. The van der Waals surface area contributed by atoms with E-state index in [1.165, 1.54) is 4.57 Å². The van der Waals surface area contributed by atoms with Gasteiger partial charge in [-0.05, 0) is 37.1 Å². The van der Waals surface area contributed by atoms with E-state index in [1.807, 2.05) is 26.0 Å². The Morgan fingerprint density at radius 2 is 2.10 bits per heavy atom. The zero-order valence-corrected chi connectivity index (χ0v) is 12.7. The first-order valence-electron chi connectivity index (χ1n) is 6.08. The molecule has 1 heterocycles. The van der Waals surface area contributed by atoms with Gasteiger partial charge in [0.2, 0.25) is 0 Å². The molecule has 0 saturated carbocycles. The highest BCUT2D eigenvalue weighted by molar-refractivity contribution is 7.09. The van der Waals surface area contributed by atoms with Crippen LogP contribution in [0.4, 0.5) is 0 Å². The van der Waals surface area contributed by atoms with Crippen LogP contribution in [0.25, 0.3) is 11.3 Å². The first-order chi connectivity index (χ1) is 9.40. The van der Waals surface area contributed by atoms with Crippen LogP contribution < -0.4 is 4.87 Å². The second-order valence-corrected chi connectivity index (χ2v) is 6.11. The Balaban J connectivity index is 2.52. The van der Waals surface area contributed by atoms with Gasteiger partial charge in [-0.1, -0.05) is 29.0 Å². The minimum absolute atomic E-state index is 0.0738. The fourth-order valence-electron chi connectivity index (χ4n) is 2.08. The first-order valence-corrected chi connectivity index (χ1v) is 7.28. The summed E-state index contributed by atoms with van der Waals surface area (Å²) >= 11 is 7.15. The van der Waals surface area contributed by atoms with Crippen LogP contribution in [0.3, 0.4) is 0 Å². The summed E-state index contributed by atoms with van der Waals surface area (Å²) < 4.78 is 1.52. The van der Waals surface area contributed by atoms with Crippen molar-refractivity contribution in [1.29, 1.82) is 0 Å². The van der Waals surface area contributed by atoms with E-state index in [1.54, 1.807) is 6.07 Å². The SMILES string of the molecule is Cc1cc(-c2c(C)sc(=O)n2CCC(=O)O)ccc1Cl. The number of thiazole rings is 1. The van der Waals surface area contributed by atoms with Crippen molar-refractivity contribution in [3.63, 3.8) is 0 Å². The van der Waals surface area contributed by atoms with Gasteiger partial charge in [-0.15, -0.1) is 0 Å². The van der Waals surface area contributed by atoms with E-state index in [2.05, 4.69) is 0 Å².